The van der Waals surface area contributed by atoms with Crippen molar-refractivity contribution in [1.29, 1.82) is 0 Å². The average molecular weight is 227 g/mol. The maximum absolute atomic E-state index is 9.76. The highest BCUT2D eigenvalue weighted by molar-refractivity contribution is 5.03. The van der Waals surface area contributed by atoms with Gasteiger partial charge in [0.1, 0.15) is 11.4 Å². The van der Waals surface area contributed by atoms with E-state index in [2.05, 4.69) is 41.0 Å². The lowest BCUT2D eigenvalue weighted by atomic mass is 9.89. The summed E-state index contributed by atoms with van der Waals surface area (Å²) in [5.41, 5.74) is 1.73. The molecule has 5 heteroatoms. The van der Waals surface area contributed by atoms with Crippen LogP contribution in [0.4, 0.5) is 0 Å². The van der Waals surface area contributed by atoms with Gasteiger partial charge in [-0.1, -0.05) is 31.1 Å². The number of aryl methyl sites for hydroxylation is 1. The van der Waals surface area contributed by atoms with Crippen LogP contribution < -0.4 is 5.32 Å². The van der Waals surface area contributed by atoms with Crippen molar-refractivity contribution in [2.24, 2.45) is 5.41 Å². The van der Waals surface area contributed by atoms with Crippen LogP contribution in [0.15, 0.2) is 4.63 Å². The van der Waals surface area contributed by atoms with Gasteiger partial charge < -0.3 is 10.4 Å². The molecular weight excluding hydrogens is 206 g/mol. The van der Waals surface area contributed by atoms with Gasteiger partial charge in [-0.15, -0.1) is 0 Å². The Morgan fingerprint density at radius 2 is 2.06 bits per heavy atom. The molecule has 1 aromatic heterocycles. The van der Waals surface area contributed by atoms with Gasteiger partial charge in [0.25, 0.3) is 0 Å². The molecule has 0 aliphatic carbocycles. The van der Waals surface area contributed by atoms with E-state index in [0.29, 0.717) is 13.1 Å². The van der Waals surface area contributed by atoms with Gasteiger partial charge in [0.05, 0.1) is 6.10 Å². The second-order valence-electron chi connectivity index (χ2n) is 5.35. The lowest BCUT2D eigenvalue weighted by Crippen LogP contribution is -2.30. The molecule has 1 aromatic rings. The molecule has 1 heterocycles. The van der Waals surface area contributed by atoms with Crippen molar-refractivity contribution in [3.8, 4) is 0 Å². The van der Waals surface area contributed by atoms with E-state index in [9.17, 15) is 5.11 Å². The summed E-state index contributed by atoms with van der Waals surface area (Å²) in [5, 5.41) is 20.3. The molecule has 0 spiro atoms. The van der Waals surface area contributed by atoms with Crippen molar-refractivity contribution in [3.63, 3.8) is 0 Å². The Balaban J connectivity index is 2.23. The Kier molecular flexibility index (Phi) is 4.44. The second kappa shape index (κ2) is 5.41. The summed E-state index contributed by atoms with van der Waals surface area (Å²) >= 11 is 0. The fourth-order valence-electron chi connectivity index (χ4n) is 1.55. The van der Waals surface area contributed by atoms with Crippen molar-refractivity contribution < 1.29 is 9.74 Å². The van der Waals surface area contributed by atoms with Gasteiger partial charge in [0.15, 0.2) is 0 Å². The number of aromatic nitrogens is 2. The predicted molar refractivity (Wildman–Crippen MR) is 60.8 cm³/mol. The number of aliphatic hydroxyl groups is 1. The first-order valence-electron chi connectivity index (χ1n) is 5.55. The summed E-state index contributed by atoms with van der Waals surface area (Å²) in [5.74, 6) is 0. The maximum atomic E-state index is 9.76. The minimum Gasteiger partial charge on any atom is -0.392 e. The molecule has 2 N–H and O–H groups in total. The van der Waals surface area contributed by atoms with Crippen LogP contribution in [0.3, 0.4) is 0 Å². The standard InChI is InChI=1S/C11H21N3O2/c1-8-10(14-16-13-8)7-12-6-9(15)5-11(2,3)4/h9,12,15H,5-7H2,1-4H3. The van der Waals surface area contributed by atoms with E-state index in [4.69, 9.17) is 0 Å². The first kappa shape index (κ1) is 13.1. The Morgan fingerprint density at radius 3 is 2.56 bits per heavy atom. The van der Waals surface area contributed by atoms with Gasteiger partial charge in [0, 0.05) is 13.1 Å². The Bertz CT molecular complexity index is 317. The van der Waals surface area contributed by atoms with Gasteiger partial charge in [-0.25, -0.2) is 4.63 Å². The summed E-state index contributed by atoms with van der Waals surface area (Å²) < 4.78 is 4.58. The topological polar surface area (TPSA) is 71.2 Å². The predicted octanol–water partition coefficient (Wildman–Crippen LogP) is 1.26. The molecule has 0 aliphatic rings. The molecular formula is C11H21N3O2. The van der Waals surface area contributed by atoms with Crippen LogP contribution in [0.2, 0.25) is 0 Å². The van der Waals surface area contributed by atoms with E-state index in [0.717, 1.165) is 17.8 Å². The second-order valence-corrected chi connectivity index (χ2v) is 5.35. The average Bonchev–Trinajstić information content (AvgIpc) is 2.48. The number of nitrogens with zero attached hydrogens (tertiary/aromatic N) is 2. The molecule has 0 aliphatic heterocycles. The Hall–Kier alpha value is -0.940. The van der Waals surface area contributed by atoms with Crippen molar-refractivity contribution >= 4 is 0 Å². The molecule has 5 nitrogen and oxygen atoms in total. The zero-order valence-corrected chi connectivity index (χ0v) is 10.4. The van der Waals surface area contributed by atoms with Crippen LogP contribution in [-0.4, -0.2) is 28.1 Å². The molecule has 1 unspecified atom stereocenters. The molecule has 1 rings (SSSR count). The van der Waals surface area contributed by atoms with Crippen LogP contribution in [0.25, 0.3) is 0 Å². The summed E-state index contributed by atoms with van der Waals surface area (Å²) in [6.45, 7) is 9.32. The number of nitrogens with one attached hydrogen (secondary N) is 1. The number of rotatable bonds is 5. The van der Waals surface area contributed by atoms with Crippen LogP contribution in [0, 0.1) is 12.3 Å². The minimum atomic E-state index is -0.333. The molecule has 0 bridgehead atoms. The lowest BCUT2D eigenvalue weighted by Gasteiger charge is -2.22. The quantitative estimate of drug-likeness (QED) is 0.792. The van der Waals surface area contributed by atoms with Gasteiger partial charge >= 0.3 is 0 Å². The highest BCUT2D eigenvalue weighted by atomic mass is 16.6. The van der Waals surface area contributed by atoms with E-state index in [1.54, 1.807) is 0 Å². The first-order chi connectivity index (χ1) is 7.38. The zero-order chi connectivity index (χ0) is 12.2. The highest BCUT2D eigenvalue weighted by Gasteiger charge is 2.16. The smallest absolute Gasteiger partial charge is 0.121 e. The summed E-state index contributed by atoms with van der Waals surface area (Å²) in [6.07, 6.45) is 0.441. The molecule has 1 atom stereocenters. The van der Waals surface area contributed by atoms with Crippen LogP contribution >= 0.6 is 0 Å². The van der Waals surface area contributed by atoms with E-state index in [-0.39, 0.29) is 11.5 Å². The fraction of sp³-hybridized carbons (Fsp3) is 0.818. The third-order valence-electron chi connectivity index (χ3n) is 2.27. The molecule has 0 saturated heterocycles. The van der Waals surface area contributed by atoms with Crippen LogP contribution in [0.5, 0.6) is 0 Å². The fourth-order valence-corrected chi connectivity index (χ4v) is 1.55. The molecule has 0 fully saturated rings. The summed E-state index contributed by atoms with van der Waals surface area (Å²) in [4.78, 5) is 0. The van der Waals surface area contributed by atoms with Gasteiger partial charge in [0.2, 0.25) is 0 Å². The molecule has 0 aromatic carbocycles. The highest BCUT2D eigenvalue weighted by Crippen LogP contribution is 2.20. The zero-order valence-electron chi connectivity index (χ0n) is 10.4. The van der Waals surface area contributed by atoms with E-state index in [1.165, 1.54) is 0 Å². The summed E-state index contributed by atoms with van der Waals surface area (Å²) in [7, 11) is 0. The van der Waals surface area contributed by atoms with Crippen molar-refractivity contribution in [2.75, 3.05) is 6.54 Å². The molecule has 0 amide bonds. The van der Waals surface area contributed by atoms with E-state index in [1.807, 2.05) is 6.92 Å². The van der Waals surface area contributed by atoms with Crippen LogP contribution in [0.1, 0.15) is 38.6 Å². The lowest BCUT2D eigenvalue weighted by molar-refractivity contribution is 0.119. The van der Waals surface area contributed by atoms with Crippen LogP contribution in [-0.2, 0) is 6.54 Å². The van der Waals surface area contributed by atoms with Gasteiger partial charge in [-0.3, -0.25) is 0 Å². The van der Waals surface area contributed by atoms with Gasteiger partial charge in [-0.2, -0.15) is 0 Å². The molecule has 0 radical (unpaired) electrons. The Morgan fingerprint density at radius 1 is 1.38 bits per heavy atom. The number of hydrogen-bond donors (Lipinski definition) is 2. The van der Waals surface area contributed by atoms with E-state index < -0.39 is 0 Å². The van der Waals surface area contributed by atoms with Crippen molar-refractivity contribution in [3.05, 3.63) is 11.4 Å². The number of aliphatic hydroxyl groups excluding tert-OH is 1. The summed E-state index contributed by atoms with van der Waals surface area (Å²) in [6, 6.07) is 0. The molecule has 16 heavy (non-hydrogen) atoms. The largest absolute Gasteiger partial charge is 0.392 e. The maximum Gasteiger partial charge on any atom is 0.121 e. The monoisotopic (exact) mass is 227 g/mol. The van der Waals surface area contributed by atoms with E-state index >= 15 is 0 Å². The van der Waals surface area contributed by atoms with Gasteiger partial charge in [-0.05, 0) is 18.8 Å². The van der Waals surface area contributed by atoms with Crippen molar-refractivity contribution in [1.82, 2.24) is 15.6 Å². The third-order valence-corrected chi connectivity index (χ3v) is 2.27. The molecule has 92 valence electrons. The number of hydrogen-bond acceptors (Lipinski definition) is 5. The first-order valence-corrected chi connectivity index (χ1v) is 5.55. The van der Waals surface area contributed by atoms with Crippen molar-refractivity contribution in [2.45, 2.75) is 46.8 Å². The molecule has 0 saturated carbocycles. The third kappa shape index (κ3) is 4.72. The minimum absolute atomic E-state index is 0.145. The Labute approximate surface area is 96.2 Å². The normalized spacial score (nSPS) is 14.1. The SMILES string of the molecule is Cc1nonc1CNCC(O)CC(C)(C)C.